The number of aryl methyl sites for hydroxylation is 1. The smallest absolute Gasteiger partial charge is 0.270 e. The number of fused-ring (bicyclic) bond motifs is 1. The Labute approximate surface area is 122 Å². The summed E-state index contributed by atoms with van der Waals surface area (Å²) in [5.41, 5.74) is 1.91. The molecule has 1 aromatic carbocycles. The number of β-amino-alcohol motifs (C(OH)–C–C–N with tert-alkyl or cyclic N) is 1. The lowest BCUT2D eigenvalue weighted by Crippen LogP contribution is -2.61. The Kier molecular flexibility index (Phi) is 3.06. The van der Waals surface area contributed by atoms with Crippen LogP contribution in [0.25, 0.3) is 10.9 Å². The Morgan fingerprint density at radius 2 is 2.14 bits per heavy atom. The molecule has 0 radical (unpaired) electrons. The van der Waals surface area contributed by atoms with Crippen molar-refractivity contribution in [3.8, 4) is 0 Å². The number of aliphatic hydroxyl groups is 1. The van der Waals surface area contributed by atoms with Gasteiger partial charge in [-0.2, -0.15) is 0 Å². The summed E-state index contributed by atoms with van der Waals surface area (Å²) in [4.78, 5) is 17.0. The molecule has 1 aliphatic heterocycles. The van der Waals surface area contributed by atoms with Crippen LogP contribution in [0.15, 0.2) is 24.3 Å². The van der Waals surface area contributed by atoms with Crippen molar-refractivity contribution >= 4 is 22.3 Å². The summed E-state index contributed by atoms with van der Waals surface area (Å²) in [5, 5.41) is 21.9. The van der Waals surface area contributed by atoms with E-state index < -0.39 is 10.5 Å². The highest BCUT2D eigenvalue weighted by molar-refractivity contribution is 5.94. The molecule has 0 atom stereocenters. The number of benzene rings is 1. The predicted octanol–water partition coefficient (Wildman–Crippen LogP) is 2.41. The molecule has 1 saturated heterocycles. The van der Waals surface area contributed by atoms with Crippen molar-refractivity contribution < 1.29 is 10.0 Å². The number of nitrogens with zero attached hydrogens (tertiary/aromatic N) is 3. The van der Waals surface area contributed by atoms with Crippen LogP contribution in [-0.4, -0.2) is 33.7 Å². The van der Waals surface area contributed by atoms with E-state index in [-0.39, 0.29) is 5.69 Å². The lowest BCUT2D eigenvalue weighted by molar-refractivity contribution is -0.384. The van der Waals surface area contributed by atoms with Crippen molar-refractivity contribution in [1.29, 1.82) is 0 Å². The molecule has 110 valence electrons. The van der Waals surface area contributed by atoms with E-state index in [4.69, 9.17) is 0 Å². The van der Waals surface area contributed by atoms with Gasteiger partial charge < -0.3 is 10.0 Å². The number of pyridine rings is 1. The van der Waals surface area contributed by atoms with Gasteiger partial charge in [-0.05, 0) is 25.5 Å². The molecule has 1 aliphatic rings. The lowest BCUT2D eigenvalue weighted by atomic mass is 9.90. The molecule has 1 N–H and O–H groups in total. The third-order valence-corrected chi connectivity index (χ3v) is 4.08. The summed E-state index contributed by atoms with van der Waals surface area (Å²) in [6.45, 7) is 4.95. The molecule has 0 saturated carbocycles. The molecule has 6 nitrogen and oxygen atoms in total. The molecular formula is C15H17N3O3. The van der Waals surface area contributed by atoms with Crippen LogP contribution >= 0.6 is 0 Å². The van der Waals surface area contributed by atoms with Gasteiger partial charge in [0.2, 0.25) is 0 Å². The largest absolute Gasteiger partial charge is 0.386 e. The monoisotopic (exact) mass is 287 g/mol. The van der Waals surface area contributed by atoms with Crippen molar-refractivity contribution in [2.75, 3.05) is 18.0 Å². The number of anilines is 1. The van der Waals surface area contributed by atoms with Crippen molar-refractivity contribution in [3.63, 3.8) is 0 Å². The van der Waals surface area contributed by atoms with E-state index in [1.165, 1.54) is 6.07 Å². The van der Waals surface area contributed by atoms with Gasteiger partial charge in [-0.1, -0.05) is 6.92 Å². The topological polar surface area (TPSA) is 79.5 Å². The maximum atomic E-state index is 11.0. The molecule has 6 heteroatoms. The first-order valence-corrected chi connectivity index (χ1v) is 6.95. The van der Waals surface area contributed by atoms with E-state index >= 15 is 0 Å². The van der Waals surface area contributed by atoms with Crippen LogP contribution in [0.3, 0.4) is 0 Å². The molecule has 1 fully saturated rings. The van der Waals surface area contributed by atoms with Crippen LogP contribution in [0.1, 0.15) is 19.0 Å². The molecule has 0 unspecified atom stereocenters. The van der Waals surface area contributed by atoms with Crippen molar-refractivity contribution in [3.05, 3.63) is 40.1 Å². The number of non-ortho nitro benzene ring substituents is 1. The first-order chi connectivity index (χ1) is 9.92. The number of nitro groups is 1. The molecule has 2 heterocycles. The van der Waals surface area contributed by atoms with Crippen LogP contribution in [0.4, 0.5) is 11.4 Å². The molecule has 0 bridgehead atoms. The van der Waals surface area contributed by atoms with Gasteiger partial charge in [-0.15, -0.1) is 0 Å². The quantitative estimate of drug-likeness (QED) is 0.692. The number of rotatable bonds is 3. The highest BCUT2D eigenvalue weighted by Crippen LogP contribution is 2.36. The van der Waals surface area contributed by atoms with Crippen LogP contribution in [0, 0.1) is 17.0 Å². The minimum atomic E-state index is -0.649. The Morgan fingerprint density at radius 1 is 1.43 bits per heavy atom. The van der Waals surface area contributed by atoms with Gasteiger partial charge in [0.1, 0.15) is 0 Å². The van der Waals surface area contributed by atoms with Crippen molar-refractivity contribution in [2.45, 2.75) is 25.9 Å². The number of hydrogen-bond acceptors (Lipinski definition) is 5. The van der Waals surface area contributed by atoms with E-state index in [9.17, 15) is 15.2 Å². The average molecular weight is 287 g/mol. The van der Waals surface area contributed by atoms with E-state index in [1.807, 2.05) is 24.8 Å². The van der Waals surface area contributed by atoms with Gasteiger partial charge in [0.15, 0.2) is 0 Å². The Hall–Kier alpha value is -2.21. The third kappa shape index (κ3) is 2.31. The van der Waals surface area contributed by atoms with Crippen LogP contribution in [0.5, 0.6) is 0 Å². The fourth-order valence-electron chi connectivity index (χ4n) is 2.76. The zero-order valence-electron chi connectivity index (χ0n) is 12.0. The third-order valence-electron chi connectivity index (χ3n) is 4.08. The van der Waals surface area contributed by atoms with Gasteiger partial charge in [-0.3, -0.25) is 15.1 Å². The lowest BCUT2D eigenvalue weighted by Gasteiger charge is -2.48. The molecule has 0 aliphatic carbocycles. The number of nitro benzene ring substituents is 1. The summed E-state index contributed by atoms with van der Waals surface area (Å²) in [5.74, 6) is 0. The summed E-state index contributed by atoms with van der Waals surface area (Å²) in [6.07, 6.45) is 0.700. The van der Waals surface area contributed by atoms with E-state index in [0.29, 0.717) is 19.5 Å². The second-order valence-corrected chi connectivity index (χ2v) is 5.68. The summed E-state index contributed by atoms with van der Waals surface area (Å²) in [7, 11) is 0. The highest BCUT2D eigenvalue weighted by atomic mass is 16.6. The van der Waals surface area contributed by atoms with Gasteiger partial charge >= 0.3 is 0 Å². The van der Waals surface area contributed by atoms with Gasteiger partial charge in [0, 0.05) is 42.0 Å². The normalized spacial score (nSPS) is 16.8. The van der Waals surface area contributed by atoms with Gasteiger partial charge in [0.05, 0.1) is 16.0 Å². The molecular weight excluding hydrogens is 270 g/mol. The SMILES string of the molecule is CCC1(O)CN(c2cc(C)nc3ccc([N+](=O)[O-])cc23)C1. The Balaban J connectivity index is 2.08. The number of aromatic nitrogens is 1. The fourth-order valence-corrected chi connectivity index (χ4v) is 2.76. The van der Waals surface area contributed by atoms with Gasteiger partial charge in [-0.25, -0.2) is 0 Å². The second-order valence-electron chi connectivity index (χ2n) is 5.68. The fraction of sp³-hybridized carbons (Fsp3) is 0.400. The summed E-state index contributed by atoms with van der Waals surface area (Å²) in [6, 6.07) is 6.62. The van der Waals surface area contributed by atoms with Crippen LogP contribution in [0.2, 0.25) is 0 Å². The minimum Gasteiger partial charge on any atom is -0.386 e. The van der Waals surface area contributed by atoms with Gasteiger partial charge in [0.25, 0.3) is 5.69 Å². The molecule has 0 spiro atoms. The first kappa shape index (κ1) is 13.8. The maximum Gasteiger partial charge on any atom is 0.270 e. The zero-order valence-corrected chi connectivity index (χ0v) is 12.0. The first-order valence-electron chi connectivity index (χ1n) is 6.95. The van der Waals surface area contributed by atoms with Crippen molar-refractivity contribution in [2.24, 2.45) is 0 Å². The molecule has 21 heavy (non-hydrogen) atoms. The molecule has 1 aromatic heterocycles. The summed E-state index contributed by atoms with van der Waals surface area (Å²) >= 11 is 0. The Bertz CT molecular complexity index is 723. The van der Waals surface area contributed by atoms with E-state index in [1.54, 1.807) is 12.1 Å². The second kappa shape index (κ2) is 4.66. The predicted molar refractivity (Wildman–Crippen MR) is 80.6 cm³/mol. The molecule has 2 aromatic rings. The van der Waals surface area contributed by atoms with E-state index in [2.05, 4.69) is 4.98 Å². The average Bonchev–Trinajstić information content (AvgIpc) is 2.42. The molecule has 0 amide bonds. The van der Waals surface area contributed by atoms with Crippen LogP contribution in [-0.2, 0) is 0 Å². The summed E-state index contributed by atoms with van der Waals surface area (Å²) < 4.78 is 0. The Morgan fingerprint density at radius 3 is 2.76 bits per heavy atom. The standard InChI is InChI=1S/C15H17N3O3/c1-3-15(19)8-17(9-15)14-6-10(2)16-13-5-4-11(18(20)21)7-12(13)14/h4-7,19H,3,8-9H2,1-2H3. The highest BCUT2D eigenvalue weighted by Gasteiger charge is 2.40. The zero-order chi connectivity index (χ0) is 15.2. The minimum absolute atomic E-state index is 0.0562. The molecule has 3 rings (SSSR count). The number of hydrogen-bond donors (Lipinski definition) is 1. The van der Waals surface area contributed by atoms with Crippen LogP contribution < -0.4 is 4.90 Å². The van der Waals surface area contributed by atoms with Crippen molar-refractivity contribution in [1.82, 2.24) is 4.98 Å². The van der Waals surface area contributed by atoms with E-state index in [0.717, 1.165) is 22.3 Å². The maximum absolute atomic E-state index is 11.0.